The normalized spacial score (nSPS) is 12.7. The molecule has 1 nitrogen and oxygen atoms in total. The Labute approximate surface area is 91.5 Å². The minimum absolute atomic E-state index is 0.214. The molecule has 0 saturated heterocycles. The van der Waals surface area contributed by atoms with Crippen LogP contribution in [0, 0.1) is 0 Å². The number of hydrogen-bond donors (Lipinski definition) is 1. The zero-order chi connectivity index (χ0) is 11.1. The topological polar surface area (TPSA) is 26.0 Å². The highest BCUT2D eigenvalue weighted by Crippen LogP contribution is 2.20. The van der Waals surface area contributed by atoms with Crippen LogP contribution >= 0.6 is 0 Å². The van der Waals surface area contributed by atoms with E-state index >= 15 is 0 Å². The molecule has 0 aliphatic heterocycles. The van der Waals surface area contributed by atoms with Gasteiger partial charge in [0, 0.05) is 0 Å². The van der Waals surface area contributed by atoms with E-state index in [-0.39, 0.29) is 6.67 Å². The van der Waals surface area contributed by atoms with Crippen molar-refractivity contribution in [1.82, 2.24) is 0 Å². The molecule has 0 bridgehead atoms. The van der Waals surface area contributed by atoms with Crippen LogP contribution in [0.4, 0.5) is 4.39 Å². The van der Waals surface area contributed by atoms with E-state index in [0.29, 0.717) is 18.9 Å². The molecule has 0 heterocycles. The highest BCUT2D eigenvalue weighted by molar-refractivity contribution is 5.30. The molecule has 0 aliphatic rings. The number of unbranched alkanes of at least 4 members (excludes halogenated alkanes) is 1. The summed E-state index contributed by atoms with van der Waals surface area (Å²) in [4.78, 5) is 0. The van der Waals surface area contributed by atoms with Gasteiger partial charge in [-0.05, 0) is 42.9 Å². The molecule has 0 saturated carbocycles. The lowest BCUT2D eigenvalue weighted by Gasteiger charge is -2.14. The summed E-state index contributed by atoms with van der Waals surface area (Å²) in [5.41, 5.74) is 8.31. The first-order valence-corrected chi connectivity index (χ1v) is 5.63. The average Bonchev–Trinajstić information content (AvgIpc) is 2.29. The van der Waals surface area contributed by atoms with E-state index in [4.69, 9.17) is 5.73 Å². The van der Waals surface area contributed by atoms with E-state index in [2.05, 4.69) is 19.1 Å². The van der Waals surface area contributed by atoms with Crippen molar-refractivity contribution in [2.24, 2.45) is 5.73 Å². The van der Waals surface area contributed by atoms with Crippen molar-refractivity contribution in [2.45, 2.75) is 32.1 Å². The fourth-order valence-corrected chi connectivity index (χ4v) is 1.78. The lowest BCUT2D eigenvalue weighted by Crippen LogP contribution is -2.11. The summed E-state index contributed by atoms with van der Waals surface area (Å²) in [6, 6.07) is 8.33. The molecule has 0 radical (unpaired) electrons. The predicted molar refractivity (Wildman–Crippen MR) is 62.8 cm³/mol. The van der Waals surface area contributed by atoms with Crippen LogP contribution in [0.25, 0.3) is 0 Å². The molecule has 0 fully saturated rings. The first kappa shape index (κ1) is 12.2. The van der Waals surface area contributed by atoms with Crippen molar-refractivity contribution in [1.29, 1.82) is 0 Å². The van der Waals surface area contributed by atoms with Crippen LogP contribution in [0.5, 0.6) is 0 Å². The number of aryl methyl sites for hydroxylation is 1. The second-order valence-corrected chi connectivity index (χ2v) is 3.98. The molecule has 1 aromatic rings. The Morgan fingerprint density at radius 1 is 1.27 bits per heavy atom. The molecule has 0 aliphatic carbocycles. The summed E-state index contributed by atoms with van der Waals surface area (Å²) in [6.45, 7) is 2.59. The Morgan fingerprint density at radius 3 is 2.67 bits per heavy atom. The first-order valence-electron chi connectivity index (χ1n) is 5.63. The molecule has 1 aromatic carbocycles. The maximum absolute atomic E-state index is 12.0. The Balaban J connectivity index is 2.68. The molecule has 0 aromatic heterocycles. The van der Waals surface area contributed by atoms with E-state index in [1.54, 1.807) is 0 Å². The Bertz CT molecular complexity index is 286. The van der Waals surface area contributed by atoms with Gasteiger partial charge in [-0.25, -0.2) is 0 Å². The van der Waals surface area contributed by atoms with Gasteiger partial charge in [0.15, 0.2) is 0 Å². The number of halogens is 1. The monoisotopic (exact) mass is 209 g/mol. The molecule has 1 rings (SSSR count). The van der Waals surface area contributed by atoms with Crippen LogP contribution in [0.3, 0.4) is 0 Å². The van der Waals surface area contributed by atoms with E-state index < -0.39 is 0 Å². The van der Waals surface area contributed by atoms with Crippen molar-refractivity contribution < 1.29 is 4.39 Å². The third-order valence-corrected chi connectivity index (χ3v) is 2.77. The van der Waals surface area contributed by atoms with Gasteiger partial charge in [-0.3, -0.25) is 4.39 Å². The number of nitrogens with two attached hydrogens (primary N) is 1. The van der Waals surface area contributed by atoms with Crippen molar-refractivity contribution in [2.75, 3.05) is 13.2 Å². The summed E-state index contributed by atoms with van der Waals surface area (Å²) in [7, 11) is 0. The molecule has 2 N–H and O–H groups in total. The number of rotatable bonds is 6. The number of benzene rings is 1. The standard InChI is InChI=1S/C13H20FN/c1-11(10-15)13-8-3-2-6-12(13)7-4-5-9-14/h2-3,6,8,11H,4-5,7,9-10,15H2,1H3. The summed E-state index contributed by atoms with van der Waals surface area (Å²) in [5, 5.41) is 0. The van der Waals surface area contributed by atoms with E-state index in [0.717, 1.165) is 12.8 Å². The van der Waals surface area contributed by atoms with Crippen LogP contribution in [-0.2, 0) is 6.42 Å². The Morgan fingerprint density at radius 2 is 2.00 bits per heavy atom. The van der Waals surface area contributed by atoms with Crippen molar-refractivity contribution in [3.63, 3.8) is 0 Å². The van der Waals surface area contributed by atoms with Crippen LogP contribution in [-0.4, -0.2) is 13.2 Å². The smallest absolute Gasteiger partial charge is 0.0894 e. The van der Waals surface area contributed by atoms with Gasteiger partial charge in [-0.1, -0.05) is 31.2 Å². The van der Waals surface area contributed by atoms with Gasteiger partial charge < -0.3 is 5.73 Å². The summed E-state index contributed by atoms with van der Waals surface area (Å²) < 4.78 is 12.0. The fourth-order valence-electron chi connectivity index (χ4n) is 1.78. The number of alkyl halides is 1. The van der Waals surface area contributed by atoms with Crippen LogP contribution in [0.1, 0.15) is 36.8 Å². The minimum atomic E-state index is -0.214. The molecule has 1 atom stereocenters. The van der Waals surface area contributed by atoms with Crippen LogP contribution in [0.15, 0.2) is 24.3 Å². The molecule has 84 valence electrons. The van der Waals surface area contributed by atoms with Crippen LogP contribution < -0.4 is 5.73 Å². The van der Waals surface area contributed by atoms with Gasteiger partial charge in [-0.15, -0.1) is 0 Å². The third kappa shape index (κ3) is 3.63. The summed E-state index contributed by atoms with van der Waals surface area (Å²) >= 11 is 0. The zero-order valence-electron chi connectivity index (χ0n) is 9.38. The van der Waals surface area contributed by atoms with Gasteiger partial charge in [0.1, 0.15) is 0 Å². The molecule has 1 unspecified atom stereocenters. The Hall–Kier alpha value is -0.890. The second kappa shape index (κ2) is 6.57. The molecule has 2 heteroatoms. The van der Waals surface area contributed by atoms with Crippen LogP contribution in [0.2, 0.25) is 0 Å². The van der Waals surface area contributed by atoms with Crippen molar-refractivity contribution in [3.8, 4) is 0 Å². The molecular weight excluding hydrogens is 189 g/mol. The Kier molecular flexibility index (Phi) is 5.33. The highest BCUT2D eigenvalue weighted by atomic mass is 19.1. The lowest BCUT2D eigenvalue weighted by molar-refractivity contribution is 0.462. The first-order chi connectivity index (χ1) is 7.29. The van der Waals surface area contributed by atoms with Gasteiger partial charge in [-0.2, -0.15) is 0 Å². The third-order valence-electron chi connectivity index (χ3n) is 2.77. The van der Waals surface area contributed by atoms with Crippen molar-refractivity contribution in [3.05, 3.63) is 35.4 Å². The molecule has 0 spiro atoms. The fraction of sp³-hybridized carbons (Fsp3) is 0.538. The maximum Gasteiger partial charge on any atom is 0.0894 e. The van der Waals surface area contributed by atoms with Gasteiger partial charge >= 0.3 is 0 Å². The second-order valence-electron chi connectivity index (χ2n) is 3.98. The largest absolute Gasteiger partial charge is 0.330 e. The quantitative estimate of drug-likeness (QED) is 0.716. The average molecular weight is 209 g/mol. The number of hydrogen-bond acceptors (Lipinski definition) is 1. The predicted octanol–water partition coefficient (Wildman–Crippen LogP) is 3.04. The van der Waals surface area contributed by atoms with Gasteiger partial charge in [0.2, 0.25) is 0 Å². The SMILES string of the molecule is CC(CN)c1ccccc1CCCCF. The summed E-state index contributed by atoms with van der Waals surface area (Å²) in [6.07, 6.45) is 2.54. The molecule has 0 amide bonds. The van der Waals surface area contributed by atoms with E-state index in [1.165, 1.54) is 11.1 Å². The molecule has 15 heavy (non-hydrogen) atoms. The maximum atomic E-state index is 12.0. The highest BCUT2D eigenvalue weighted by Gasteiger charge is 2.07. The lowest BCUT2D eigenvalue weighted by atomic mass is 9.93. The van der Waals surface area contributed by atoms with Gasteiger partial charge in [0.05, 0.1) is 6.67 Å². The van der Waals surface area contributed by atoms with Gasteiger partial charge in [0.25, 0.3) is 0 Å². The van der Waals surface area contributed by atoms with E-state index in [1.807, 2.05) is 12.1 Å². The zero-order valence-corrected chi connectivity index (χ0v) is 9.38. The summed E-state index contributed by atoms with van der Waals surface area (Å²) in [5.74, 6) is 0.395. The minimum Gasteiger partial charge on any atom is -0.330 e. The van der Waals surface area contributed by atoms with E-state index in [9.17, 15) is 4.39 Å². The molecular formula is C13H20FN. The van der Waals surface area contributed by atoms with Crippen molar-refractivity contribution >= 4 is 0 Å².